The maximum Gasteiger partial charge on any atom is 0.133 e. The van der Waals surface area contributed by atoms with Gasteiger partial charge in [-0.25, -0.2) is 0 Å². The third-order valence-electron chi connectivity index (χ3n) is 4.30. The number of hydrogen-bond donors (Lipinski definition) is 0. The molecular formula is C12H18O2. The topological polar surface area (TPSA) is 34.1 Å². The third kappa shape index (κ3) is 1.51. The molecule has 0 bridgehead atoms. The van der Waals surface area contributed by atoms with Crippen LogP contribution in [0.15, 0.2) is 0 Å². The minimum absolute atomic E-state index is 0.282. The maximum atomic E-state index is 11.4. The van der Waals surface area contributed by atoms with Crippen molar-refractivity contribution >= 4 is 12.1 Å². The molecule has 14 heavy (non-hydrogen) atoms. The molecule has 2 heteroatoms. The Bertz CT molecular complexity index is 259. The molecule has 2 nitrogen and oxygen atoms in total. The summed E-state index contributed by atoms with van der Waals surface area (Å²) in [4.78, 5) is 21.9. The van der Waals surface area contributed by atoms with E-state index in [2.05, 4.69) is 6.92 Å². The number of carbonyl (C=O) groups is 2. The van der Waals surface area contributed by atoms with Crippen LogP contribution in [0.5, 0.6) is 0 Å². The van der Waals surface area contributed by atoms with Crippen molar-refractivity contribution in [2.45, 2.75) is 45.4 Å². The second-order valence-corrected chi connectivity index (χ2v) is 5.19. The summed E-state index contributed by atoms with van der Waals surface area (Å²) in [6.07, 6.45) is 6.71. The van der Waals surface area contributed by atoms with Crippen molar-refractivity contribution < 1.29 is 9.59 Å². The first-order chi connectivity index (χ1) is 6.66. The van der Waals surface area contributed by atoms with Crippen LogP contribution in [0.3, 0.4) is 0 Å². The van der Waals surface area contributed by atoms with Crippen LogP contribution in [0, 0.1) is 17.3 Å². The molecule has 0 aliphatic heterocycles. The van der Waals surface area contributed by atoms with Gasteiger partial charge in [0.1, 0.15) is 12.1 Å². The van der Waals surface area contributed by atoms with E-state index < -0.39 is 0 Å². The van der Waals surface area contributed by atoms with Crippen LogP contribution in [0.2, 0.25) is 0 Å². The summed E-state index contributed by atoms with van der Waals surface area (Å²) >= 11 is 0. The van der Waals surface area contributed by atoms with Crippen molar-refractivity contribution in [3.8, 4) is 0 Å². The molecular weight excluding hydrogens is 176 g/mol. The van der Waals surface area contributed by atoms with Crippen LogP contribution in [0.4, 0.5) is 0 Å². The highest BCUT2D eigenvalue weighted by Gasteiger charge is 2.48. The second-order valence-electron chi connectivity index (χ2n) is 5.19. The molecule has 0 saturated heterocycles. The first-order valence-corrected chi connectivity index (χ1v) is 5.61. The Labute approximate surface area is 85.1 Å². The summed E-state index contributed by atoms with van der Waals surface area (Å²) in [6.45, 7) is 2.20. The van der Waals surface area contributed by atoms with Crippen LogP contribution in [-0.2, 0) is 9.59 Å². The van der Waals surface area contributed by atoms with Gasteiger partial charge in [0, 0.05) is 19.3 Å². The van der Waals surface area contributed by atoms with E-state index >= 15 is 0 Å². The van der Waals surface area contributed by atoms with Gasteiger partial charge in [0.2, 0.25) is 0 Å². The van der Waals surface area contributed by atoms with Gasteiger partial charge in [-0.3, -0.25) is 4.79 Å². The summed E-state index contributed by atoms with van der Waals surface area (Å²) in [6, 6.07) is 0. The average molecular weight is 194 g/mol. The van der Waals surface area contributed by atoms with Crippen molar-refractivity contribution in [2.75, 3.05) is 0 Å². The largest absolute Gasteiger partial charge is 0.303 e. The molecule has 2 fully saturated rings. The van der Waals surface area contributed by atoms with Crippen LogP contribution in [0.1, 0.15) is 45.4 Å². The summed E-state index contributed by atoms with van der Waals surface area (Å²) in [5.74, 6) is 1.54. The highest BCUT2D eigenvalue weighted by Crippen LogP contribution is 2.55. The minimum Gasteiger partial charge on any atom is -0.303 e. The Kier molecular flexibility index (Phi) is 2.46. The number of carbonyl (C=O) groups excluding carboxylic acids is 2. The zero-order valence-electron chi connectivity index (χ0n) is 8.79. The van der Waals surface area contributed by atoms with Gasteiger partial charge in [-0.1, -0.05) is 6.92 Å². The molecule has 78 valence electrons. The lowest BCUT2D eigenvalue weighted by Crippen LogP contribution is -2.20. The molecule has 0 amide bonds. The number of Topliss-reactive ketones (excluding diaryl/α,β-unsaturated/α-hetero) is 1. The Hall–Kier alpha value is -0.660. The average Bonchev–Trinajstić information content (AvgIpc) is 2.61. The molecule has 3 unspecified atom stereocenters. The van der Waals surface area contributed by atoms with Crippen LogP contribution in [-0.4, -0.2) is 12.1 Å². The summed E-state index contributed by atoms with van der Waals surface area (Å²) < 4.78 is 0. The van der Waals surface area contributed by atoms with E-state index in [1.807, 2.05) is 0 Å². The van der Waals surface area contributed by atoms with Gasteiger partial charge in [-0.15, -0.1) is 0 Å². The molecule has 3 atom stereocenters. The lowest BCUT2D eigenvalue weighted by molar-refractivity contribution is -0.118. The molecule has 0 aromatic carbocycles. The Morgan fingerprint density at radius 1 is 1.57 bits per heavy atom. The van der Waals surface area contributed by atoms with Crippen molar-refractivity contribution in [3.63, 3.8) is 0 Å². The molecule has 0 aromatic heterocycles. The van der Waals surface area contributed by atoms with E-state index in [4.69, 9.17) is 0 Å². The third-order valence-corrected chi connectivity index (χ3v) is 4.30. The molecule has 0 aromatic rings. The zero-order chi connectivity index (χ0) is 10.2. The van der Waals surface area contributed by atoms with Crippen molar-refractivity contribution in [1.82, 2.24) is 0 Å². The molecule has 0 N–H and O–H groups in total. The molecule has 0 radical (unpaired) electrons. The minimum atomic E-state index is 0.282. The first kappa shape index (κ1) is 9.88. The van der Waals surface area contributed by atoms with E-state index in [1.54, 1.807) is 0 Å². The normalized spacial score (nSPS) is 42.2. The first-order valence-electron chi connectivity index (χ1n) is 5.61. The van der Waals surface area contributed by atoms with Crippen molar-refractivity contribution in [2.24, 2.45) is 17.3 Å². The van der Waals surface area contributed by atoms with E-state index in [9.17, 15) is 9.59 Å². The van der Waals surface area contributed by atoms with Gasteiger partial charge in [-0.05, 0) is 36.5 Å². The molecule has 1 spiro atoms. The van der Waals surface area contributed by atoms with Gasteiger partial charge in [0.25, 0.3) is 0 Å². The molecule has 2 rings (SSSR count). The molecule has 2 aliphatic rings. The predicted octanol–water partition coefficient (Wildman–Crippen LogP) is 2.36. The van der Waals surface area contributed by atoms with E-state index in [-0.39, 0.29) is 5.41 Å². The zero-order valence-corrected chi connectivity index (χ0v) is 8.79. The monoisotopic (exact) mass is 194 g/mol. The highest BCUT2D eigenvalue weighted by molar-refractivity contribution is 5.82. The number of rotatable bonds is 2. The summed E-state index contributed by atoms with van der Waals surface area (Å²) in [7, 11) is 0. The number of ketones is 1. The van der Waals surface area contributed by atoms with Gasteiger partial charge >= 0.3 is 0 Å². The fourth-order valence-electron chi connectivity index (χ4n) is 3.41. The van der Waals surface area contributed by atoms with Crippen molar-refractivity contribution in [3.05, 3.63) is 0 Å². The van der Waals surface area contributed by atoms with Gasteiger partial charge in [0.15, 0.2) is 0 Å². The van der Waals surface area contributed by atoms with Crippen LogP contribution >= 0.6 is 0 Å². The molecule has 2 aliphatic carbocycles. The standard InChI is InChI=1S/C12H18O2/c1-9-6-11(14)8-12(9)4-2-10(7-12)3-5-13/h5,9-10H,2-4,6-8H2,1H3. The van der Waals surface area contributed by atoms with Gasteiger partial charge in [0.05, 0.1) is 0 Å². The van der Waals surface area contributed by atoms with Crippen molar-refractivity contribution in [1.29, 1.82) is 0 Å². The highest BCUT2D eigenvalue weighted by atomic mass is 16.1. The van der Waals surface area contributed by atoms with E-state index in [0.29, 0.717) is 24.0 Å². The maximum absolute atomic E-state index is 11.4. The second kappa shape index (κ2) is 3.48. The molecule has 0 heterocycles. The van der Waals surface area contributed by atoms with Crippen LogP contribution < -0.4 is 0 Å². The fourth-order valence-corrected chi connectivity index (χ4v) is 3.41. The number of hydrogen-bond acceptors (Lipinski definition) is 2. The van der Waals surface area contributed by atoms with E-state index in [1.165, 1.54) is 6.42 Å². The van der Waals surface area contributed by atoms with Gasteiger partial charge in [-0.2, -0.15) is 0 Å². The Morgan fingerprint density at radius 3 is 2.93 bits per heavy atom. The summed E-state index contributed by atoms with van der Waals surface area (Å²) in [5, 5.41) is 0. The number of aldehydes is 1. The predicted molar refractivity (Wildman–Crippen MR) is 53.9 cm³/mol. The lowest BCUT2D eigenvalue weighted by atomic mass is 9.76. The Morgan fingerprint density at radius 2 is 2.36 bits per heavy atom. The van der Waals surface area contributed by atoms with Crippen LogP contribution in [0.25, 0.3) is 0 Å². The van der Waals surface area contributed by atoms with E-state index in [0.717, 1.165) is 32.0 Å². The smallest absolute Gasteiger partial charge is 0.133 e. The quantitative estimate of drug-likeness (QED) is 0.632. The SMILES string of the molecule is CC1CC(=O)CC12CCC(CC=O)C2. The molecule has 2 saturated carbocycles. The fraction of sp³-hybridized carbons (Fsp3) is 0.833. The lowest BCUT2D eigenvalue weighted by Gasteiger charge is -2.27. The Balaban J connectivity index is 2.05. The summed E-state index contributed by atoms with van der Waals surface area (Å²) in [5.41, 5.74) is 0.282. The van der Waals surface area contributed by atoms with Gasteiger partial charge < -0.3 is 4.79 Å².